The number of benzene rings is 1. The van der Waals surface area contributed by atoms with E-state index in [1.54, 1.807) is 6.20 Å². The van der Waals surface area contributed by atoms with E-state index in [2.05, 4.69) is 30.8 Å². The number of aryl methyl sites for hydroxylation is 1. The lowest BCUT2D eigenvalue weighted by atomic mass is 9.82. The molecule has 0 radical (unpaired) electrons. The number of hydrogen-bond donors (Lipinski definition) is 2. The molecule has 2 aliphatic rings. The van der Waals surface area contributed by atoms with Gasteiger partial charge >= 0.3 is 6.03 Å². The Morgan fingerprint density at radius 1 is 1.24 bits per heavy atom. The summed E-state index contributed by atoms with van der Waals surface area (Å²) in [6.07, 6.45) is 3.47. The minimum Gasteiger partial charge on any atom is -0.318 e. The summed E-state index contributed by atoms with van der Waals surface area (Å²) >= 11 is 1.51. The molecule has 0 saturated carbocycles. The first-order chi connectivity index (χ1) is 16.0. The molecule has 0 spiro atoms. The lowest BCUT2D eigenvalue weighted by Gasteiger charge is -2.48. The van der Waals surface area contributed by atoms with Crippen LogP contribution in [-0.4, -0.2) is 62.2 Å². The monoisotopic (exact) mass is 473 g/mol. The number of anilines is 1. The predicted octanol–water partition coefficient (Wildman–Crippen LogP) is 4.23. The van der Waals surface area contributed by atoms with Gasteiger partial charge in [0.25, 0.3) is 6.43 Å². The average Bonchev–Trinajstić information content (AvgIpc) is 3.22. The Hall–Kier alpha value is -2.79. The summed E-state index contributed by atoms with van der Waals surface area (Å²) in [5, 5.41) is 16.6. The zero-order valence-electron chi connectivity index (χ0n) is 18.2. The predicted molar refractivity (Wildman–Crippen MR) is 122 cm³/mol. The van der Waals surface area contributed by atoms with Crippen LogP contribution in [-0.2, 0) is 0 Å². The number of piperidine rings is 2. The molecule has 2 aromatic heterocycles. The Labute approximate surface area is 193 Å². The van der Waals surface area contributed by atoms with E-state index >= 15 is 0 Å². The normalized spacial score (nSPS) is 22.7. The van der Waals surface area contributed by atoms with Crippen molar-refractivity contribution in [2.75, 3.05) is 11.9 Å². The van der Waals surface area contributed by atoms with E-state index in [4.69, 9.17) is 0 Å². The molecule has 3 atom stereocenters. The molecule has 33 heavy (non-hydrogen) atoms. The fourth-order valence-electron chi connectivity index (χ4n) is 4.93. The molecule has 1 aromatic carbocycles. The molecular weight excluding hydrogens is 448 g/mol. The van der Waals surface area contributed by atoms with Gasteiger partial charge < -0.3 is 10.2 Å². The Morgan fingerprint density at radius 2 is 2.03 bits per heavy atom. The molecule has 0 unspecified atom stereocenters. The maximum absolute atomic E-state index is 13.2. The van der Waals surface area contributed by atoms with Crippen LogP contribution >= 0.6 is 11.3 Å². The van der Waals surface area contributed by atoms with Crippen LogP contribution in [0.2, 0.25) is 0 Å². The number of rotatable bonds is 5. The maximum atomic E-state index is 13.2. The highest BCUT2D eigenvalue weighted by Gasteiger charge is 2.41. The van der Waals surface area contributed by atoms with Gasteiger partial charge in [-0.2, -0.15) is 0 Å². The number of aromatic nitrogens is 4. The third-order valence-electron chi connectivity index (χ3n) is 6.34. The SMILES string of the molecule is Cc1nnc(-c2ccc3cnc(NC(=O)N4[C@@H]5CCC[C@H]4C[C@@H](NCC(F)F)C5)nc3c2)s1. The Kier molecular flexibility index (Phi) is 6.15. The molecule has 174 valence electrons. The van der Waals surface area contributed by atoms with Crippen molar-refractivity contribution in [1.82, 2.24) is 30.4 Å². The maximum Gasteiger partial charge on any atom is 0.324 e. The number of nitrogens with one attached hydrogen (secondary N) is 2. The molecule has 0 aliphatic carbocycles. The van der Waals surface area contributed by atoms with Crippen molar-refractivity contribution in [3.63, 3.8) is 0 Å². The number of amides is 2. The van der Waals surface area contributed by atoms with Crippen LogP contribution in [0.1, 0.15) is 37.1 Å². The van der Waals surface area contributed by atoms with Gasteiger partial charge in [0.1, 0.15) is 10.0 Å². The second-order valence-electron chi connectivity index (χ2n) is 8.64. The molecule has 3 aromatic rings. The zero-order valence-corrected chi connectivity index (χ0v) is 19.0. The van der Waals surface area contributed by atoms with Gasteiger partial charge in [-0.3, -0.25) is 5.32 Å². The second-order valence-corrected chi connectivity index (χ2v) is 9.82. The Bertz CT molecular complexity index is 1140. The van der Waals surface area contributed by atoms with Gasteiger partial charge in [0.05, 0.1) is 12.1 Å². The topological polar surface area (TPSA) is 95.9 Å². The highest BCUT2D eigenvalue weighted by Crippen LogP contribution is 2.34. The lowest BCUT2D eigenvalue weighted by molar-refractivity contribution is 0.0547. The number of nitrogens with zero attached hydrogens (tertiary/aromatic N) is 5. The van der Waals surface area contributed by atoms with Gasteiger partial charge in [-0.1, -0.05) is 23.5 Å². The van der Waals surface area contributed by atoms with Crippen LogP contribution in [0.5, 0.6) is 0 Å². The molecule has 2 N–H and O–H groups in total. The van der Waals surface area contributed by atoms with Crippen molar-refractivity contribution in [3.05, 3.63) is 29.4 Å². The third-order valence-corrected chi connectivity index (χ3v) is 7.23. The average molecular weight is 474 g/mol. The van der Waals surface area contributed by atoms with Crippen molar-refractivity contribution >= 4 is 34.2 Å². The van der Waals surface area contributed by atoms with Crippen molar-refractivity contribution in [2.45, 2.75) is 63.6 Å². The highest BCUT2D eigenvalue weighted by molar-refractivity contribution is 7.14. The van der Waals surface area contributed by atoms with Gasteiger partial charge in [-0.05, 0) is 45.1 Å². The Balaban J connectivity index is 1.31. The minimum absolute atomic E-state index is 0.0117. The van der Waals surface area contributed by atoms with Crippen LogP contribution in [0.15, 0.2) is 24.4 Å². The molecule has 2 bridgehead atoms. The first-order valence-electron chi connectivity index (χ1n) is 11.1. The van der Waals surface area contributed by atoms with Crippen LogP contribution < -0.4 is 10.6 Å². The Morgan fingerprint density at radius 3 is 2.73 bits per heavy atom. The van der Waals surface area contributed by atoms with Crippen molar-refractivity contribution < 1.29 is 13.6 Å². The summed E-state index contributed by atoms with van der Waals surface area (Å²) in [6, 6.07) is 5.64. The summed E-state index contributed by atoms with van der Waals surface area (Å²) in [7, 11) is 0. The number of carbonyl (C=O) groups is 1. The van der Waals surface area contributed by atoms with Crippen LogP contribution in [0, 0.1) is 6.92 Å². The third kappa shape index (κ3) is 4.79. The molecule has 2 saturated heterocycles. The van der Waals surface area contributed by atoms with E-state index in [0.717, 1.165) is 40.2 Å². The minimum atomic E-state index is -2.37. The zero-order chi connectivity index (χ0) is 22.9. The van der Waals surface area contributed by atoms with E-state index in [9.17, 15) is 13.6 Å². The molecular formula is C22H25F2N7OS. The van der Waals surface area contributed by atoms with Crippen LogP contribution in [0.25, 0.3) is 21.5 Å². The van der Waals surface area contributed by atoms with Crippen molar-refractivity contribution in [2.24, 2.45) is 0 Å². The first-order valence-corrected chi connectivity index (χ1v) is 12.0. The van der Waals surface area contributed by atoms with Gasteiger partial charge in [0.2, 0.25) is 5.95 Å². The quantitative estimate of drug-likeness (QED) is 0.576. The van der Waals surface area contributed by atoms with E-state index in [0.29, 0.717) is 18.4 Å². The number of alkyl halides is 2. The number of fused-ring (bicyclic) bond motifs is 3. The van der Waals surface area contributed by atoms with Crippen LogP contribution in [0.3, 0.4) is 0 Å². The second kappa shape index (κ2) is 9.22. The summed E-state index contributed by atoms with van der Waals surface area (Å²) in [6.45, 7) is 1.60. The summed E-state index contributed by atoms with van der Waals surface area (Å²) in [4.78, 5) is 23.9. The van der Waals surface area contributed by atoms with Gasteiger partial charge in [0, 0.05) is 35.3 Å². The smallest absolute Gasteiger partial charge is 0.318 e. The van der Waals surface area contributed by atoms with E-state index in [-0.39, 0.29) is 36.6 Å². The highest BCUT2D eigenvalue weighted by atomic mass is 32.1. The van der Waals surface area contributed by atoms with E-state index in [1.807, 2.05) is 30.0 Å². The number of urea groups is 1. The molecule has 11 heteroatoms. The molecule has 5 rings (SSSR count). The fourth-order valence-corrected chi connectivity index (χ4v) is 5.61. The summed E-state index contributed by atoms with van der Waals surface area (Å²) in [5.41, 5.74) is 1.62. The number of hydrogen-bond acceptors (Lipinski definition) is 7. The molecule has 2 fully saturated rings. The molecule has 8 nitrogen and oxygen atoms in total. The molecule has 2 aliphatic heterocycles. The number of carbonyl (C=O) groups excluding carboxylic acids is 1. The van der Waals surface area contributed by atoms with E-state index < -0.39 is 6.43 Å². The van der Waals surface area contributed by atoms with E-state index in [1.165, 1.54) is 11.3 Å². The first kappa shape index (κ1) is 22.0. The summed E-state index contributed by atoms with van der Waals surface area (Å²) < 4.78 is 25.2. The fraction of sp³-hybridized carbons (Fsp3) is 0.500. The standard InChI is InChI=1S/C22H25F2N7OS/c1-12-29-30-20(33-12)13-5-6-14-10-26-21(27-18(14)7-13)28-22(32)31-16-3-2-4-17(31)9-15(8-16)25-11-19(23)24/h5-7,10,15-17,19,25H,2-4,8-9,11H2,1H3,(H,26,27,28,32)/t15-,16+,17-. The largest absolute Gasteiger partial charge is 0.324 e. The lowest BCUT2D eigenvalue weighted by Crippen LogP contribution is -2.59. The summed E-state index contributed by atoms with van der Waals surface area (Å²) in [5.74, 6) is 0.245. The van der Waals surface area contributed by atoms with Crippen LogP contribution in [0.4, 0.5) is 19.5 Å². The number of halogens is 2. The van der Waals surface area contributed by atoms with Gasteiger partial charge in [-0.15, -0.1) is 10.2 Å². The molecule has 2 amide bonds. The molecule has 4 heterocycles. The van der Waals surface area contributed by atoms with Gasteiger partial charge in [0.15, 0.2) is 0 Å². The van der Waals surface area contributed by atoms with Crippen molar-refractivity contribution in [1.29, 1.82) is 0 Å². The van der Waals surface area contributed by atoms with Gasteiger partial charge in [-0.25, -0.2) is 23.5 Å². The van der Waals surface area contributed by atoms with Crippen molar-refractivity contribution in [3.8, 4) is 10.6 Å².